The van der Waals surface area contributed by atoms with Crippen LogP contribution in [-0.2, 0) is 4.79 Å². The van der Waals surface area contributed by atoms with E-state index in [9.17, 15) is 4.79 Å². The molecule has 2 aromatic carbocycles. The molecule has 154 valence electrons. The number of amides is 1. The number of carbonyl (C=O) groups excluding carboxylic acids is 1. The van der Waals surface area contributed by atoms with Gasteiger partial charge in [0, 0.05) is 30.1 Å². The van der Waals surface area contributed by atoms with E-state index in [1.54, 1.807) is 0 Å². The minimum atomic E-state index is 0.269. The predicted molar refractivity (Wildman–Crippen MR) is 116 cm³/mol. The van der Waals surface area contributed by atoms with Crippen molar-refractivity contribution in [1.82, 2.24) is 10.1 Å². The molecule has 1 aliphatic carbocycles. The molecule has 2 fully saturated rings. The van der Waals surface area contributed by atoms with E-state index in [2.05, 4.69) is 39.4 Å². The molecule has 3 aromatic rings. The molecule has 0 bridgehead atoms. The first kappa shape index (κ1) is 18.7. The number of hydrogen-bond acceptors (Lipinski definition) is 5. The predicted octanol–water partition coefficient (Wildman–Crippen LogP) is 3.19. The maximum Gasteiger partial charge on any atom is 0.225 e. The normalized spacial score (nSPS) is 18.1. The van der Waals surface area contributed by atoms with Crippen molar-refractivity contribution in [2.75, 3.05) is 13.1 Å². The van der Waals surface area contributed by atoms with Crippen LogP contribution in [0.1, 0.15) is 42.7 Å². The van der Waals surface area contributed by atoms with Gasteiger partial charge >= 0.3 is 0 Å². The molecule has 0 unspecified atom stereocenters. The van der Waals surface area contributed by atoms with Gasteiger partial charge in [-0.15, -0.1) is 0 Å². The average Bonchev–Trinajstić information content (AvgIpc) is 3.57. The summed E-state index contributed by atoms with van der Waals surface area (Å²) in [4.78, 5) is 14.3. The van der Waals surface area contributed by atoms with Crippen molar-refractivity contribution in [3.63, 3.8) is 0 Å². The molecule has 1 amide bonds. The SMILES string of the molecule is N/N=C(\N)c1ccc2noc(-c3ccc(C4CCN(C(=O)C5CC5)CC4)cc3)c2c1. The number of amidine groups is 1. The zero-order valence-corrected chi connectivity index (χ0v) is 16.8. The molecule has 1 aliphatic heterocycles. The Hall–Kier alpha value is -3.35. The third-order valence-corrected chi connectivity index (χ3v) is 6.29. The zero-order valence-electron chi connectivity index (χ0n) is 16.8. The molecule has 7 nitrogen and oxygen atoms in total. The fourth-order valence-electron chi connectivity index (χ4n) is 4.31. The molecule has 0 spiro atoms. The number of nitrogens with two attached hydrogens (primary N) is 2. The number of benzene rings is 2. The monoisotopic (exact) mass is 403 g/mol. The first-order chi connectivity index (χ1) is 14.6. The lowest BCUT2D eigenvalue weighted by Crippen LogP contribution is -2.38. The minimum absolute atomic E-state index is 0.269. The number of likely N-dealkylation sites (tertiary alicyclic amines) is 1. The summed E-state index contributed by atoms with van der Waals surface area (Å²) in [6.45, 7) is 1.72. The topological polar surface area (TPSA) is 111 Å². The number of hydrogen-bond donors (Lipinski definition) is 2. The molecular weight excluding hydrogens is 378 g/mol. The summed E-state index contributed by atoms with van der Waals surface area (Å²) in [5.74, 6) is 7.43. The van der Waals surface area contributed by atoms with Crippen LogP contribution in [0.25, 0.3) is 22.2 Å². The van der Waals surface area contributed by atoms with Crippen LogP contribution in [0.15, 0.2) is 52.1 Å². The van der Waals surface area contributed by atoms with Gasteiger partial charge in [-0.1, -0.05) is 29.4 Å². The zero-order chi connectivity index (χ0) is 20.7. The Kier molecular flexibility index (Phi) is 4.65. The number of hydrazone groups is 1. The van der Waals surface area contributed by atoms with Crippen molar-refractivity contribution >= 4 is 22.6 Å². The van der Waals surface area contributed by atoms with Crippen LogP contribution in [0.5, 0.6) is 0 Å². The van der Waals surface area contributed by atoms with Crippen molar-refractivity contribution in [3.8, 4) is 11.3 Å². The Bertz CT molecular complexity index is 1110. The number of carbonyl (C=O) groups is 1. The Morgan fingerprint density at radius 2 is 1.80 bits per heavy atom. The van der Waals surface area contributed by atoms with Crippen molar-refractivity contribution in [3.05, 3.63) is 53.6 Å². The molecule has 0 atom stereocenters. The molecule has 4 N–H and O–H groups in total. The summed E-state index contributed by atoms with van der Waals surface area (Å²) in [7, 11) is 0. The second kappa shape index (κ2) is 7.48. The largest absolute Gasteiger partial charge is 0.382 e. The highest BCUT2D eigenvalue weighted by Crippen LogP contribution is 2.35. The van der Waals surface area contributed by atoms with E-state index < -0.39 is 0 Å². The first-order valence-electron chi connectivity index (χ1n) is 10.5. The van der Waals surface area contributed by atoms with E-state index in [-0.39, 0.29) is 5.84 Å². The number of fused-ring (bicyclic) bond motifs is 1. The lowest BCUT2D eigenvalue weighted by Gasteiger charge is -2.32. The average molecular weight is 403 g/mol. The molecule has 7 heteroatoms. The van der Waals surface area contributed by atoms with Crippen LogP contribution in [0, 0.1) is 5.92 Å². The Balaban J connectivity index is 1.33. The molecule has 30 heavy (non-hydrogen) atoms. The summed E-state index contributed by atoms with van der Waals surface area (Å²) >= 11 is 0. The number of rotatable bonds is 4. The molecule has 2 heterocycles. The summed E-state index contributed by atoms with van der Waals surface area (Å²) in [6, 6.07) is 14.0. The van der Waals surface area contributed by atoms with Crippen LogP contribution in [0.4, 0.5) is 0 Å². The molecule has 0 radical (unpaired) electrons. The molecule has 1 aromatic heterocycles. The first-order valence-corrected chi connectivity index (χ1v) is 10.5. The lowest BCUT2D eigenvalue weighted by atomic mass is 9.88. The van der Waals surface area contributed by atoms with Gasteiger partial charge in [-0.05, 0) is 55.4 Å². The van der Waals surface area contributed by atoms with E-state index in [1.807, 2.05) is 18.2 Å². The lowest BCUT2D eigenvalue weighted by molar-refractivity contribution is -0.133. The molecule has 5 rings (SSSR count). The standard InChI is InChI=1S/C23H25N5O2/c24-22(26-25)18-7-8-20-19(13-18)21(30-27-20)16-3-1-14(2-4-16)15-9-11-28(12-10-15)23(29)17-5-6-17/h1-4,7-8,13,15,17H,5-6,9-12,25H2,(H2,24,26). The number of nitrogens with zero attached hydrogens (tertiary/aromatic N) is 3. The van der Waals surface area contributed by atoms with Gasteiger partial charge in [0.2, 0.25) is 5.91 Å². The molecule has 2 aliphatic rings. The van der Waals surface area contributed by atoms with E-state index in [1.165, 1.54) is 5.56 Å². The highest BCUT2D eigenvalue weighted by Gasteiger charge is 2.35. The summed E-state index contributed by atoms with van der Waals surface area (Å²) in [5, 5.41) is 8.59. The third-order valence-electron chi connectivity index (χ3n) is 6.29. The van der Waals surface area contributed by atoms with Gasteiger partial charge in [0.05, 0.1) is 5.39 Å². The van der Waals surface area contributed by atoms with Crippen LogP contribution >= 0.6 is 0 Å². The van der Waals surface area contributed by atoms with Crippen LogP contribution in [0.3, 0.4) is 0 Å². The van der Waals surface area contributed by atoms with Gasteiger partial charge in [0.1, 0.15) is 11.4 Å². The van der Waals surface area contributed by atoms with E-state index in [0.29, 0.717) is 23.5 Å². The maximum atomic E-state index is 12.3. The summed E-state index contributed by atoms with van der Waals surface area (Å²) < 4.78 is 5.62. The fraction of sp³-hybridized carbons (Fsp3) is 0.348. The van der Waals surface area contributed by atoms with E-state index in [0.717, 1.165) is 60.8 Å². The third kappa shape index (κ3) is 3.40. The van der Waals surface area contributed by atoms with Crippen molar-refractivity contribution in [2.24, 2.45) is 22.6 Å². The maximum absolute atomic E-state index is 12.3. The fourth-order valence-corrected chi connectivity index (χ4v) is 4.31. The Morgan fingerprint density at radius 1 is 1.07 bits per heavy atom. The van der Waals surface area contributed by atoms with Gasteiger partial charge in [0.25, 0.3) is 0 Å². The van der Waals surface area contributed by atoms with E-state index in [4.69, 9.17) is 16.1 Å². The second-order valence-corrected chi connectivity index (χ2v) is 8.25. The summed E-state index contributed by atoms with van der Waals surface area (Å²) in [6.07, 6.45) is 4.18. The van der Waals surface area contributed by atoms with Gasteiger partial charge < -0.3 is 21.0 Å². The smallest absolute Gasteiger partial charge is 0.225 e. The Labute approximate surface area is 174 Å². The van der Waals surface area contributed by atoms with Crippen LogP contribution in [0.2, 0.25) is 0 Å². The van der Waals surface area contributed by atoms with E-state index >= 15 is 0 Å². The Morgan fingerprint density at radius 3 is 2.47 bits per heavy atom. The number of piperidine rings is 1. The van der Waals surface area contributed by atoms with Gasteiger partial charge in [-0.3, -0.25) is 4.79 Å². The van der Waals surface area contributed by atoms with Crippen LogP contribution in [-0.4, -0.2) is 34.9 Å². The number of aromatic nitrogens is 1. The molecule has 1 saturated carbocycles. The van der Waals surface area contributed by atoms with Crippen molar-refractivity contribution in [2.45, 2.75) is 31.6 Å². The minimum Gasteiger partial charge on any atom is -0.382 e. The summed E-state index contributed by atoms with van der Waals surface area (Å²) in [5.41, 5.74) is 9.61. The van der Waals surface area contributed by atoms with Crippen LogP contribution < -0.4 is 11.6 Å². The van der Waals surface area contributed by atoms with Gasteiger partial charge in [-0.25, -0.2) is 0 Å². The highest BCUT2D eigenvalue weighted by molar-refractivity contribution is 6.02. The molecule has 1 saturated heterocycles. The second-order valence-electron chi connectivity index (χ2n) is 8.25. The van der Waals surface area contributed by atoms with Crippen molar-refractivity contribution < 1.29 is 9.32 Å². The van der Waals surface area contributed by atoms with Crippen molar-refractivity contribution in [1.29, 1.82) is 0 Å². The molecular formula is C23H25N5O2. The van der Waals surface area contributed by atoms with Gasteiger partial charge in [-0.2, -0.15) is 5.10 Å². The van der Waals surface area contributed by atoms with Gasteiger partial charge in [0.15, 0.2) is 5.76 Å². The highest BCUT2D eigenvalue weighted by atomic mass is 16.5. The quantitative estimate of drug-likeness (QED) is 0.301.